The van der Waals surface area contributed by atoms with Gasteiger partial charge in [-0.25, -0.2) is 4.98 Å². The van der Waals surface area contributed by atoms with E-state index in [1.54, 1.807) is 25.1 Å². The Morgan fingerprint density at radius 1 is 1.25 bits per heavy atom. The highest BCUT2D eigenvalue weighted by molar-refractivity contribution is 7.99. The number of ether oxygens (including phenoxy) is 1. The lowest BCUT2D eigenvalue weighted by molar-refractivity contribution is -0.139. The fourth-order valence-electron chi connectivity index (χ4n) is 5.23. The van der Waals surface area contributed by atoms with Gasteiger partial charge < -0.3 is 24.4 Å². The van der Waals surface area contributed by atoms with Crippen LogP contribution in [0.2, 0.25) is 0 Å². The van der Waals surface area contributed by atoms with Gasteiger partial charge in [0.05, 0.1) is 18.7 Å². The molecule has 1 aliphatic rings. The Morgan fingerprint density at radius 3 is 2.86 bits per heavy atom. The van der Waals surface area contributed by atoms with Crippen LogP contribution in [0.5, 0.6) is 5.75 Å². The maximum atomic E-state index is 11.6. The molecule has 0 unspecified atom stereocenters. The van der Waals surface area contributed by atoms with Crippen LogP contribution in [0, 0.1) is 11.8 Å². The molecular formula is C27H36N4O4S. The minimum atomic E-state index is -0.745. The first kappa shape index (κ1) is 26.4. The number of carboxylic acid groups (broad SMARTS) is 1. The Kier molecular flexibility index (Phi) is 9.23. The maximum absolute atomic E-state index is 11.6. The smallest absolute Gasteiger partial charge is 0.303 e. The predicted octanol–water partition coefficient (Wildman–Crippen LogP) is 4.39. The number of aliphatic hydroxyl groups is 1. The summed E-state index contributed by atoms with van der Waals surface area (Å²) in [5.41, 5.74) is 1.67. The molecule has 3 atom stereocenters. The number of carboxylic acids is 1. The fraction of sp³-hybridized carbons (Fsp3) is 0.519. The highest BCUT2D eigenvalue weighted by Gasteiger charge is 2.31. The number of likely N-dealkylation sites (tertiary alicyclic amines) is 1. The third-order valence-corrected chi connectivity index (χ3v) is 8.34. The molecule has 0 radical (unpaired) electrons. The highest BCUT2D eigenvalue weighted by Crippen LogP contribution is 2.35. The van der Waals surface area contributed by atoms with Crippen LogP contribution in [-0.4, -0.2) is 68.1 Å². The molecule has 0 bridgehead atoms. The van der Waals surface area contributed by atoms with E-state index in [2.05, 4.69) is 14.9 Å². The second-order valence-electron chi connectivity index (χ2n) is 9.61. The molecule has 1 aromatic carbocycles. The highest BCUT2D eigenvalue weighted by atomic mass is 32.2. The van der Waals surface area contributed by atoms with Gasteiger partial charge in [0, 0.05) is 49.7 Å². The van der Waals surface area contributed by atoms with E-state index in [4.69, 9.17) is 4.74 Å². The van der Waals surface area contributed by atoms with Crippen LogP contribution in [-0.2, 0) is 11.8 Å². The number of pyridine rings is 1. The molecule has 36 heavy (non-hydrogen) atoms. The average molecular weight is 513 g/mol. The van der Waals surface area contributed by atoms with Gasteiger partial charge in [-0.1, -0.05) is 11.8 Å². The Balaban J connectivity index is 1.32. The number of fused-ring (bicyclic) bond motifs is 1. The lowest BCUT2D eigenvalue weighted by atomic mass is 9.79. The van der Waals surface area contributed by atoms with Crippen molar-refractivity contribution in [2.24, 2.45) is 18.9 Å². The number of hydrogen-bond acceptors (Lipinski definition) is 7. The number of rotatable bonds is 12. The van der Waals surface area contributed by atoms with Crippen LogP contribution >= 0.6 is 11.8 Å². The molecule has 0 saturated carbocycles. The predicted molar refractivity (Wildman–Crippen MR) is 141 cm³/mol. The van der Waals surface area contributed by atoms with Gasteiger partial charge in [-0.2, -0.15) is 0 Å². The van der Waals surface area contributed by atoms with Gasteiger partial charge in [-0.05, 0) is 80.4 Å². The lowest BCUT2D eigenvalue weighted by Crippen LogP contribution is -2.42. The summed E-state index contributed by atoms with van der Waals surface area (Å²) in [6, 6.07) is 7.55. The molecular weight excluding hydrogens is 476 g/mol. The van der Waals surface area contributed by atoms with Gasteiger partial charge in [0.1, 0.15) is 5.75 Å². The Morgan fingerprint density at radius 2 is 2.11 bits per heavy atom. The number of benzene rings is 1. The summed E-state index contributed by atoms with van der Waals surface area (Å²) in [7, 11) is 3.63. The Hall–Kier alpha value is -2.62. The molecule has 2 aromatic heterocycles. The molecule has 3 aromatic rings. The van der Waals surface area contributed by atoms with Crippen LogP contribution in [0.3, 0.4) is 0 Å². The van der Waals surface area contributed by atoms with Gasteiger partial charge in [0.2, 0.25) is 0 Å². The van der Waals surface area contributed by atoms with Crippen LogP contribution in [0.25, 0.3) is 10.9 Å². The number of nitrogens with zero attached hydrogens (tertiary/aromatic N) is 4. The van der Waals surface area contributed by atoms with Crippen LogP contribution in [0.1, 0.15) is 43.8 Å². The van der Waals surface area contributed by atoms with Gasteiger partial charge in [0.15, 0.2) is 5.16 Å². The normalized spacial score (nSPS) is 19.4. The van der Waals surface area contributed by atoms with E-state index in [9.17, 15) is 15.0 Å². The summed E-state index contributed by atoms with van der Waals surface area (Å²) in [6.45, 7) is 2.74. The summed E-state index contributed by atoms with van der Waals surface area (Å²) in [4.78, 5) is 22.8. The summed E-state index contributed by atoms with van der Waals surface area (Å²) < 4.78 is 7.38. The minimum Gasteiger partial charge on any atom is -0.497 e. The van der Waals surface area contributed by atoms with Crippen molar-refractivity contribution in [1.29, 1.82) is 0 Å². The Bertz CT molecular complexity index is 1150. The number of imidazole rings is 1. The number of aliphatic hydroxyl groups excluding tert-OH is 1. The van der Waals surface area contributed by atoms with Gasteiger partial charge in [-0.3, -0.25) is 9.78 Å². The van der Waals surface area contributed by atoms with Gasteiger partial charge in [0.25, 0.3) is 0 Å². The van der Waals surface area contributed by atoms with Crippen LogP contribution < -0.4 is 4.74 Å². The van der Waals surface area contributed by atoms with E-state index < -0.39 is 12.1 Å². The number of aryl methyl sites for hydroxylation is 1. The molecule has 2 N–H and O–H groups in total. The average Bonchev–Trinajstić information content (AvgIpc) is 3.29. The molecule has 0 aliphatic carbocycles. The number of piperidine rings is 1. The van der Waals surface area contributed by atoms with Crippen molar-refractivity contribution in [1.82, 2.24) is 19.4 Å². The molecule has 1 aliphatic heterocycles. The number of hydrogen-bond donors (Lipinski definition) is 2. The van der Waals surface area contributed by atoms with E-state index in [-0.39, 0.29) is 18.3 Å². The number of aromatic nitrogens is 3. The fourth-order valence-corrected chi connectivity index (χ4v) is 6.08. The number of carbonyl (C=O) groups is 1. The molecule has 1 saturated heterocycles. The van der Waals surface area contributed by atoms with Crippen molar-refractivity contribution >= 4 is 28.6 Å². The summed E-state index contributed by atoms with van der Waals surface area (Å²) in [6.07, 6.45) is 8.44. The molecule has 0 amide bonds. The van der Waals surface area contributed by atoms with Crippen molar-refractivity contribution < 1.29 is 19.7 Å². The molecule has 9 heteroatoms. The zero-order valence-electron chi connectivity index (χ0n) is 21.0. The quantitative estimate of drug-likeness (QED) is 0.272. The van der Waals surface area contributed by atoms with Crippen molar-refractivity contribution in [3.63, 3.8) is 0 Å². The van der Waals surface area contributed by atoms with Crippen LogP contribution in [0.15, 0.2) is 48.0 Å². The van der Waals surface area contributed by atoms with Crippen LogP contribution in [0.4, 0.5) is 0 Å². The minimum absolute atomic E-state index is 0.0971. The maximum Gasteiger partial charge on any atom is 0.303 e. The summed E-state index contributed by atoms with van der Waals surface area (Å²) >= 11 is 1.76. The van der Waals surface area contributed by atoms with E-state index in [0.29, 0.717) is 6.42 Å². The first-order chi connectivity index (χ1) is 17.4. The first-order valence-electron chi connectivity index (χ1n) is 12.6. The SMILES string of the molecule is COc1ccc2nccc([C@@H](O)CC[C@@H]3CCN(CCCSc4nccn4C)C[C@@H]3CC(=O)O)c2c1. The second-order valence-corrected chi connectivity index (χ2v) is 10.7. The largest absolute Gasteiger partial charge is 0.497 e. The molecule has 8 nitrogen and oxygen atoms in total. The number of methoxy groups -OCH3 is 1. The van der Waals surface area contributed by atoms with E-state index in [1.165, 1.54) is 0 Å². The zero-order chi connectivity index (χ0) is 25.5. The third-order valence-electron chi connectivity index (χ3n) is 7.19. The standard InChI is InChI=1S/C27H36N4O4S/c1-30-14-11-29-27(30)36-15-3-12-31-13-9-19(20(18-31)16-26(33)34)4-7-25(32)22-8-10-28-24-6-5-21(35-2)17-23(22)24/h5-6,8,10-11,14,17,19-20,25,32H,3-4,7,9,12-13,15-16,18H2,1-2H3,(H,33,34)/t19-,20+,25+/m1/s1. The topological polar surface area (TPSA) is 101 Å². The molecule has 194 valence electrons. The van der Waals surface area contributed by atoms with Crippen molar-refractivity contribution in [3.8, 4) is 5.75 Å². The van der Waals surface area contributed by atoms with Gasteiger partial charge >= 0.3 is 5.97 Å². The zero-order valence-corrected chi connectivity index (χ0v) is 21.9. The Labute approximate surface area is 216 Å². The van der Waals surface area contributed by atoms with E-state index in [0.717, 1.165) is 72.0 Å². The molecule has 4 rings (SSSR count). The van der Waals surface area contributed by atoms with Crippen molar-refractivity contribution in [3.05, 3.63) is 48.4 Å². The number of thioether (sulfide) groups is 1. The van der Waals surface area contributed by atoms with Crippen molar-refractivity contribution in [2.75, 3.05) is 32.5 Å². The number of aliphatic carboxylic acids is 1. The second kappa shape index (κ2) is 12.6. The summed E-state index contributed by atoms with van der Waals surface area (Å²) in [5, 5.41) is 22.5. The monoisotopic (exact) mass is 512 g/mol. The van der Waals surface area contributed by atoms with Crippen molar-refractivity contribution in [2.45, 2.75) is 43.4 Å². The van der Waals surface area contributed by atoms with Gasteiger partial charge in [-0.15, -0.1) is 0 Å². The molecule has 0 spiro atoms. The first-order valence-corrected chi connectivity index (χ1v) is 13.6. The van der Waals surface area contributed by atoms with E-state index >= 15 is 0 Å². The third kappa shape index (κ3) is 6.78. The summed E-state index contributed by atoms with van der Waals surface area (Å²) in [5.74, 6) is 1.36. The molecule has 1 fully saturated rings. The lowest BCUT2D eigenvalue weighted by Gasteiger charge is -2.38. The molecule has 3 heterocycles. The van der Waals surface area contributed by atoms with E-state index in [1.807, 2.05) is 48.3 Å².